The third kappa shape index (κ3) is 2.58. The van der Waals surface area contributed by atoms with Crippen molar-refractivity contribution in [3.05, 3.63) is 34.3 Å². The van der Waals surface area contributed by atoms with Crippen LogP contribution in [-0.4, -0.2) is 24.3 Å². The summed E-state index contributed by atoms with van der Waals surface area (Å²) in [5, 5.41) is 3.60. The molecule has 2 aliphatic heterocycles. The Kier molecular flexibility index (Phi) is 3.75. The molecule has 0 aromatic heterocycles. The summed E-state index contributed by atoms with van der Waals surface area (Å²) >= 11 is 3.54. The lowest BCUT2D eigenvalue weighted by molar-refractivity contribution is -0.104. The molecule has 0 aliphatic carbocycles. The van der Waals surface area contributed by atoms with Crippen molar-refractivity contribution in [1.82, 2.24) is 5.32 Å². The number of piperidine rings is 1. The Labute approximate surface area is 136 Å². The fourth-order valence-electron chi connectivity index (χ4n) is 4.79. The van der Waals surface area contributed by atoms with Crippen LogP contribution in [0.5, 0.6) is 0 Å². The van der Waals surface area contributed by atoms with Gasteiger partial charge in [-0.3, -0.25) is 0 Å². The molecule has 3 rings (SSSR count). The van der Waals surface area contributed by atoms with Gasteiger partial charge in [0.2, 0.25) is 0 Å². The Hall–Kier alpha value is -0.380. The molecule has 1 aromatic carbocycles. The zero-order valence-corrected chi connectivity index (χ0v) is 15.1. The van der Waals surface area contributed by atoms with Crippen molar-refractivity contribution in [1.29, 1.82) is 0 Å². The van der Waals surface area contributed by atoms with Gasteiger partial charge in [0.1, 0.15) is 0 Å². The summed E-state index contributed by atoms with van der Waals surface area (Å²) in [6.45, 7) is 11.2. The molecule has 2 atom stereocenters. The fraction of sp³-hybridized carbons (Fsp3) is 0.667. The van der Waals surface area contributed by atoms with E-state index in [0.29, 0.717) is 5.92 Å². The highest BCUT2D eigenvalue weighted by molar-refractivity contribution is 9.10. The molecule has 2 unspecified atom stereocenters. The van der Waals surface area contributed by atoms with E-state index in [1.807, 2.05) is 0 Å². The van der Waals surface area contributed by atoms with Crippen molar-refractivity contribution >= 4 is 15.9 Å². The topological polar surface area (TPSA) is 21.3 Å². The Bertz CT molecular complexity index is 523. The van der Waals surface area contributed by atoms with Crippen LogP contribution in [0, 0.1) is 5.41 Å². The number of nitrogens with one attached hydrogen (secondary N) is 1. The van der Waals surface area contributed by atoms with Crippen LogP contribution in [0.2, 0.25) is 0 Å². The number of hydrogen-bond donors (Lipinski definition) is 1. The van der Waals surface area contributed by atoms with E-state index in [0.717, 1.165) is 24.0 Å². The molecule has 2 aliphatic rings. The zero-order chi connectivity index (χ0) is 15.3. The Balaban J connectivity index is 2.04. The van der Waals surface area contributed by atoms with Crippen LogP contribution in [0.25, 0.3) is 0 Å². The highest BCUT2D eigenvalue weighted by Crippen LogP contribution is 2.60. The lowest BCUT2D eigenvalue weighted by Crippen LogP contribution is -2.52. The van der Waals surface area contributed by atoms with Crippen LogP contribution in [0.15, 0.2) is 28.7 Å². The van der Waals surface area contributed by atoms with Crippen LogP contribution in [0.4, 0.5) is 0 Å². The molecule has 2 nitrogen and oxygen atoms in total. The molecule has 1 spiro atoms. The number of hydrogen-bond acceptors (Lipinski definition) is 2. The smallest absolute Gasteiger partial charge is 0.0697 e. The van der Waals surface area contributed by atoms with Crippen LogP contribution >= 0.6 is 15.9 Å². The third-order valence-electron chi connectivity index (χ3n) is 5.51. The van der Waals surface area contributed by atoms with Gasteiger partial charge in [-0.2, -0.15) is 0 Å². The first-order valence-electron chi connectivity index (χ1n) is 7.92. The Morgan fingerprint density at radius 3 is 2.38 bits per heavy atom. The highest BCUT2D eigenvalue weighted by Gasteiger charge is 2.60. The van der Waals surface area contributed by atoms with Gasteiger partial charge in [0, 0.05) is 22.4 Å². The molecule has 0 bridgehead atoms. The summed E-state index contributed by atoms with van der Waals surface area (Å²) in [6.07, 6.45) is 2.32. The summed E-state index contributed by atoms with van der Waals surface area (Å²) < 4.78 is 7.61. The average Bonchev–Trinajstić information content (AvgIpc) is 2.56. The van der Waals surface area contributed by atoms with Crippen LogP contribution in [0.1, 0.15) is 52.0 Å². The fourth-order valence-corrected chi connectivity index (χ4v) is 5.06. The molecule has 21 heavy (non-hydrogen) atoms. The molecule has 0 amide bonds. The molecule has 0 saturated carbocycles. The molecule has 0 radical (unpaired) electrons. The summed E-state index contributed by atoms with van der Waals surface area (Å²) in [6, 6.07) is 8.85. The van der Waals surface area contributed by atoms with E-state index in [1.165, 1.54) is 12.0 Å². The van der Waals surface area contributed by atoms with Crippen LogP contribution in [0.3, 0.4) is 0 Å². The molecule has 1 aromatic rings. The maximum absolute atomic E-state index is 6.47. The minimum atomic E-state index is -0.0870. The predicted octanol–water partition coefficient (Wildman–Crippen LogP) is 4.49. The van der Waals surface area contributed by atoms with E-state index in [4.69, 9.17) is 4.74 Å². The van der Waals surface area contributed by atoms with Crippen LogP contribution in [-0.2, 0) is 4.74 Å². The number of rotatable bonds is 1. The molecule has 2 saturated heterocycles. The molecule has 116 valence electrons. The summed E-state index contributed by atoms with van der Waals surface area (Å²) in [7, 11) is 0. The van der Waals surface area contributed by atoms with Gasteiger partial charge in [0.15, 0.2) is 0 Å². The second-order valence-corrected chi connectivity index (χ2v) is 8.68. The van der Waals surface area contributed by atoms with Gasteiger partial charge in [-0.05, 0) is 64.8 Å². The molecule has 2 heterocycles. The van der Waals surface area contributed by atoms with Crippen molar-refractivity contribution < 1.29 is 4.74 Å². The van der Waals surface area contributed by atoms with Gasteiger partial charge < -0.3 is 10.1 Å². The molecule has 2 fully saturated rings. The first-order chi connectivity index (χ1) is 9.76. The number of benzene rings is 1. The summed E-state index contributed by atoms with van der Waals surface area (Å²) in [5.41, 5.74) is 1.53. The monoisotopic (exact) mass is 351 g/mol. The SMILES string of the molecule is CC1(C)CC2(CCNCC2c2ccc(Br)cc2)C(C)(C)O1. The van der Waals surface area contributed by atoms with E-state index >= 15 is 0 Å². The van der Waals surface area contributed by atoms with Crippen molar-refractivity contribution in [2.45, 2.75) is 57.7 Å². The second-order valence-electron chi connectivity index (χ2n) is 7.76. The largest absolute Gasteiger partial charge is 0.369 e. The van der Waals surface area contributed by atoms with Crippen molar-refractivity contribution in [2.24, 2.45) is 5.41 Å². The maximum Gasteiger partial charge on any atom is 0.0697 e. The Morgan fingerprint density at radius 2 is 1.81 bits per heavy atom. The maximum atomic E-state index is 6.47. The standard InChI is InChI=1S/C18H26BrNO/c1-16(2)12-18(17(3,4)21-16)9-10-20-11-15(18)13-5-7-14(19)8-6-13/h5-8,15,20H,9-12H2,1-4H3. The molecular formula is C18H26BrNO. The lowest BCUT2D eigenvalue weighted by Gasteiger charge is -2.49. The minimum Gasteiger partial charge on any atom is -0.369 e. The first-order valence-corrected chi connectivity index (χ1v) is 8.71. The Morgan fingerprint density at radius 1 is 1.14 bits per heavy atom. The molecule has 3 heteroatoms. The van der Waals surface area contributed by atoms with E-state index in [1.54, 1.807) is 0 Å². The van der Waals surface area contributed by atoms with Gasteiger partial charge in [-0.25, -0.2) is 0 Å². The zero-order valence-electron chi connectivity index (χ0n) is 13.5. The van der Waals surface area contributed by atoms with E-state index in [2.05, 4.69) is 73.2 Å². The minimum absolute atomic E-state index is 0.0333. The van der Waals surface area contributed by atoms with Gasteiger partial charge in [-0.15, -0.1) is 0 Å². The van der Waals surface area contributed by atoms with Gasteiger partial charge in [0.25, 0.3) is 0 Å². The van der Waals surface area contributed by atoms with Crippen molar-refractivity contribution in [2.75, 3.05) is 13.1 Å². The van der Waals surface area contributed by atoms with E-state index < -0.39 is 0 Å². The van der Waals surface area contributed by atoms with Crippen molar-refractivity contribution in [3.63, 3.8) is 0 Å². The normalized spacial score (nSPS) is 34.2. The summed E-state index contributed by atoms with van der Waals surface area (Å²) in [5.74, 6) is 0.510. The van der Waals surface area contributed by atoms with E-state index in [9.17, 15) is 0 Å². The number of ether oxygens (including phenoxy) is 1. The number of halogens is 1. The van der Waals surface area contributed by atoms with Gasteiger partial charge in [-0.1, -0.05) is 28.1 Å². The molecular weight excluding hydrogens is 326 g/mol. The second kappa shape index (κ2) is 5.07. The van der Waals surface area contributed by atoms with Crippen molar-refractivity contribution in [3.8, 4) is 0 Å². The summed E-state index contributed by atoms with van der Waals surface area (Å²) in [4.78, 5) is 0. The predicted molar refractivity (Wildman–Crippen MR) is 90.7 cm³/mol. The van der Waals surface area contributed by atoms with Gasteiger partial charge in [0.05, 0.1) is 11.2 Å². The first kappa shape index (κ1) is 15.5. The average molecular weight is 352 g/mol. The highest BCUT2D eigenvalue weighted by atomic mass is 79.9. The quantitative estimate of drug-likeness (QED) is 0.804. The van der Waals surface area contributed by atoms with Gasteiger partial charge >= 0.3 is 0 Å². The lowest BCUT2D eigenvalue weighted by atomic mass is 9.58. The van der Waals surface area contributed by atoms with Crippen LogP contribution < -0.4 is 5.32 Å². The third-order valence-corrected chi connectivity index (χ3v) is 6.04. The van der Waals surface area contributed by atoms with E-state index in [-0.39, 0.29) is 16.6 Å². The molecule has 1 N–H and O–H groups in total.